The van der Waals surface area contributed by atoms with Crippen LogP contribution in [0.15, 0.2) is 0 Å². The van der Waals surface area contributed by atoms with Crippen molar-refractivity contribution >= 4 is 5.91 Å². The highest BCUT2D eigenvalue weighted by atomic mass is 16.2. The Hall–Kier alpha value is -0.610. The third-order valence-electron chi connectivity index (χ3n) is 4.15. The van der Waals surface area contributed by atoms with Gasteiger partial charge in [0.15, 0.2) is 0 Å². The second-order valence-electron chi connectivity index (χ2n) is 6.24. The number of nitrogens with two attached hydrogens (primary N) is 1. The van der Waals surface area contributed by atoms with Gasteiger partial charge in [0.05, 0.1) is 6.54 Å². The van der Waals surface area contributed by atoms with Gasteiger partial charge >= 0.3 is 0 Å². The summed E-state index contributed by atoms with van der Waals surface area (Å²) in [6.45, 7) is 10.6. The molecule has 0 aromatic rings. The number of rotatable bonds is 5. The third-order valence-corrected chi connectivity index (χ3v) is 4.15. The summed E-state index contributed by atoms with van der Waals surface area (Å²) in [6, 6.07) is 0.489. The maximum Gasteiger partial charge on any atom is 0.234 e. The van der Waals surface area contributed by atoms with E-state index in [1.54, 1.807) is 0 Å². The smallest absolute Gasteiger partial charge is 0.234 e. The van der Waals surface area contributed by atoms with Crippen LogP contribution in [0.1, 0.15) is 47.0 Å². The van der Waals surface area contributed by atoms with Crippen molar-refractivity contribution in [3.05, 3.63) is 0 Å². The first-order valence-electron chi connectivity index (χ1n) is 7.13. The minimum absolute atomic E-state index is 0.108. The van der Waals surface area contributed by atoms with Crippen LogP contribution in [0.5, 0.6) is 0 Å². The van der Waals surface area contributed by atoms with Gasteiger partial charge in [-0.2, -0.15) is 0 Å². The van der Waals surface area contributed by atoms with Gasteiger partial charge < -0.3 is 11.1 Å². The predicted molar refractivity (Wildman–Crippen MR) is 75.3 cm³/mol. The molecular weight excluding hydrogens is 226 g/mol. The number of piperidine rings is 1. The Balaban J connectivity index is 2.47. The first-order chi connectivity index (χ1) is 8.38. The van der Waals surface area contributed by atoms with Crippen molar-refractivity contribution in [3.8, 4) is 0 Å². The van der Waals surface area contributed by atoms with Crippen molar-refractivity contribution in [2.24, 2.45) is 11.7 Å². The van der Waals surface area contributed by atoms with Crippen LogP contribution in [0.4, 0.5) is 0 Å². The molecule has 1 aliphatic heterocycles. The van der Waals surface area contributed by atoms with Crippen LogP contribution in [0.2, 0.25) is 0 Å². The summed E-state index contributed by atoms with van der Waals surface area (Å²) in [5.41, 5.74) is 5.63. The van der Waals surface area contributed by atoms with Crippen molar-refractivity contribution in [2.75, 3.05) is 19.6 Å². The maximum atomic E-state index is 12.0. The van der Waals surface area contributed by atoms with Crippen LogP contribution in [0.25, 0.3) is 0 Å². The number of hydrogen-bond acceptors (Lipinski definition) is 3. The lowest BCUT2D eigenvalue weighted by molar-refractivity contribution is -0.125. The average Bonchev–Trinajstić information content (AvgIpc) is 2.31. The van der Waals surface area contributed by atoms with Crippen LogP contribution in [-0.4, -0.2) is 42.0 Å². The summed E-state index contributed by atoms with van der Waals surface area (Å²) in [4.78, 5) is 14.3. The van der Waals surface area contributed by atoms with E-state index in [0.29, 0.717) is 18.5 Å². The normalized spacial score (nSPS) is 26.1. The summed E-state index contributed by atoms with van der Waals surface area (Å²) < 4.78 is 0. The molecule has 0 radical (unpaired) electrons. The Morgan fingerprint density at radius 2 is 2.11 bits per heavy atom. The molecule has 0 aromatic heterocycles. The van der Waals surface area contributed by atoms with Gasteiger partial charge in [-0.25, -0.2) is 0 Å². The lowest BCUT2D eigenvalue weighted by atomic mass is 9.93. The molecule has 2 atom stereocenters. The van der Waals surface area contributed by atoms with Gasteiger partial charge in [0.25, 0.3) is 0 Å². The second kappa shape index (κ2) is 6.53. The van der Waals surface area contributed by atoms with Gasteiger partial charge in [-0.15, -0.1) is 0 Å². The van der Waals surface area contributed by atoms with Gasteiger partial charge in [0.2, 0.25) is 5.91 Å². The van der Waals surface area contributed by atoms with E-state index in [-0.39, 0.29) is 11.4 Å². The first-order valence-corrected chi connectivity index (χ1v) is 7.13. The van der Waals surface area contributed by atoms with Crippen LogP contribution in [-0.2, 0) is 4.79 Å². The average molecular weight is 255 g/mol. The standard InChI is InChI=1S/C14H29N3O/c1-5-14(3,4)16-13(18)10-17-9-12(8-15)7-6-11(17)2/h11-12H,5-10,15H2,1-4H3,(H,16,18). The number of carbonyl (C=O) groups excluding carboxylic acids is 1. The highest BCUT2D eigenvalue weighted by molar-refractivity contribution is 5.78. The minimum atomic E-state index is -0.108. The van der Waals surface area contributed by atoms with E-state index in [1.807, 2.05) is 0 Å². The number of hydrogen-bond donors (Lipinski definition) is 2. The molecule has 106 valence electrons. The fourth-order valence-corrected chi connectivity index (χ4v) is 2.36. The zero-order valence-electron chi connectivity index (χ0n) is 12.3. The SMILES string of the molecule is CCC(C)(C)NC(=O)CN1CC(CN)CCC1C. The predicted octanol–water partition coefficient (Wildman–Crippen LogP) is 1.35. The lowest BCUT2D eigenvalue weighted by Gasteiger charge is -2.37. The number of likely N-dealkylation sites (tertiary alicyclic amines) is 1. The van der Waals surface area contributed by atoms with E-state index in [4.69, 9.17) is 5.73 Å². The summed E-state index contributed by atoms with van der Waals surface area (Å²) in [5, 5.41) is 3.09. The molecule has 1 fully saturated rings. The van der Waals surface area contributed by atoms with Gasteiger partial charge in [-0.1, -0.05) is 6.92 Å². The number of nitrogens with zero attached hydrogens (tertiary/aromatic N) is 1. The van der Waals surface area contributed by atoms with Crippen molar-refractivity contribution < 1.29 is 4.79 Å². The molecule has 4 heteroatoms. The van der Waals surface area contributed by atoms with Crippen molar-refractivity contribution in [1.29, 1.82) is 0 Å². The Kier molecular flexibility index (Phi) is 5.60. The first kappa shape index (κ1) is 15.4. The molecule has 3 N–H and O–H groups in total. The molecule has 2 unspecified atom stereocenters. The van der Waals surface area contributed by atoms with Crippen LogP contribution in [0.3, 0.4) is 0 Å². The van der Waals surface area contributed by atoms with Crippen LogP contribution >= 0.6 is 0 Å². The molecule has 0 bridgehead atoms. The van der Waals surface area contributed by atoms with E-state index in [2.05, 4.69) is 37.9 Å². The summed E-state index contributed by atoms with van der Waals surface area (Å²) in [7, 11) is 0. The largest absolute Gasteiger partial charge is 0.350 e. The molecule has 4 nitrogen and oxygen atoms in total. The fraction of sp³-hybridized carbons (Fsp3) is 0.929. The quantitative estimate of drug-likeness (QED) is 0.779. The van der Waals surface area contributed by atoms with Gasteiger partial charge in [0.1, 0.15) is 0 Å². The molecule has 0 spiro atoms. The van der Waals surface area contributed by atoms with Crippen LogP contribution in [0, 0.1) is 5.92 Å². The zero-order chi connectivity index (χ0) is 13.8. The molecule has 0 aromatic carbocycles. The minimum Gasteiger partial charge on any atom is -0.350 e. The highest BCUT2D eigenvalue weighted by Gasteiger charge is 2.27. The molecule has 0 saturated carbocycles. The van der Waals surface area contributed by atoms with Gasteiger partial charge in [-0.05, 0) is 52.5 Å². The lowest BCUT2D eigenvalue weighted by Crippen LogP contribution is -2.51. The molecule has 1 amide bonds. The van der Waals surface area contributed by atoms with Gasteiger partial charge in [-0.3, -0.25) is 9.69 Å². The number of carbonyl (C=O) groups is 1. The van der Waals surface area contributed by atoms with Gasteiger partial charge in [0, 0.05) is 18.1 Å². The monoisotopic (exact) mass is 255 g/mol. The van der Waals surface area contributed by atoms with Crippen molar-refractivity contribution in [1.82, 2.24) is 10.2 Å². The van der Waals surface area contributed by atoms with E-state index < -0.39 is 0 Å². The summed E-state index contributed by atoms with van der Waals surface area (Å²) in [6.07, 6.45) is 3.28. The Bertz CT molecular complexity index is 278. The summed E-state index contributed by atoms with van der Waals surface area (Å²) in [5.74, 6) is 0.680. The Morgan fingerprint density at radius 1 is 1.44 bits per heavy atom. The number of amides is 1. The maximum absolute atomic E-state index is 12.0. The third kappa shape index (κ3) is 4.58. The van der Waals surface area contributed by atoms with Crippen molar-refractivity contribution in [2.45, 2.75) is 58.5 Å². The van der Waals surface area contributed by atoms with E-state index in [0.717, 1.165) is 25.9 Å². The zero-order valence-corrected chi connectivity index (χ0v) is 12.3. The molecule has 1 heterocycles. The Morgan fingerprint density at radius 3 is 2.67 bits per heavy atom. The van der Waals surface area contributed by atoms with Crippen LogP contribution < -0.4 is 11.1 Å². The summed E-state index contributed by atoms with van der Waals surface area (Å²) >= 11 is 0. The van der Waals surface area contributed by atoms with E-state index in [1.165, 1.54) is 6.42 Å². The molecule has 1 saturated heterocycles. The molecule has 1 rings (SSSR count). The second-order valence-corrected chi connectivity index (χ2v) is 6.24. The van der Waals surface area contributed by atoms with E-state index in [9.17, 15) is 4.79 Å². The molecular formula is C14H29N3O. The highest BCUT2D eigenvalue weighted by Crippen LogP contribution is 2.20. The fourth-order valence-electron chi connectivity index (χ4n) is 2.36. The topological polar surface area (TPSA) is 58.4 Å². The van der Waals surface area contributed by atoms with E-state index >= 15 is 0 Å². The Labute approximate surface area is 111 Å². The molecule has 18 heavy (non-hydrogen) atoms. The molecule has 1 aliphatic rings. The van der Waals surface area contributed by atoms with Crippen molar-refractivity contribution in [3.63, 3.8) is 0 Å². The molecule has 0 aliphatic carbocycles. The number of nitrogens with one attached hydrogen (secondary N) is 1.